The van der Waals surface area contributed by atoms with Gasteiger partial charge in [0.2, 0.25) is 10.0 Å². The minimum atomic E-state index is -3.65. The zero-order valence-corrected chi connectivity index (χ0v) is 13.5. The van der Waals surface area contributed by atoms with E-state index in [1.807, 2.05) is 0 Å². The first-order valence-electron chi connectivity index (χ1n) is 6.40. The first kappa shape index (κ1) is 17.2. The summed E-state index contributed by atoms with van der Waals surface area (Å²) in [6.45, 7) is 5.51. The largest absolute Gasteiger partial charge is 0.397 e. The molecule has 0 spiro atoms. The Morgan fingerprint density at radius 2 is 2.00 bits per heavy atom. The molecule has 1 aromatic rings. The predicted molar refractivity (Wildman–Crippen MR) is 81.3 cm³/mol. The number of nitrogens with zero attached hydrogens (tertiary/aromatic N) is 1. The minimum Gasteiger partial charge on any atom is -0.397 e. The number of sulfonamides is 1. The molecule has 0 bridgehead atoms. The average Bonchev–Trinajstić information content (AvgIpc) is 2.35. The number of halogens is 1. The molecule has 7 heteroatoms. The summed E-state index contributed by atoms with van der Waals surface area (Å²) in [5.41, 5.74) is 6.61. The molecule has 0 aliphatic carbocycles. The highest BCUT2D eigenvalue weighted by molar-refractivity contribution is 7.89. The molecule has 0 saturated heterocycles. The van der Waals surface area contributed by atoms with E-state index in [-0.39, 0.29) is 29.8 Å². The summed E-state index contributed by atoms with van der Waals surface area (Å²) < 4.78 is 26.6. The van der Waals surface area contributed by atoms with E-state index in [9.17, 15) is 8.42 Å². The molecular weight excluding hydrogens is 300 g/mol. The lowest BCUT2D eigenvalue weighted by molar-refractivity contribution is 0.258. The zero-order chi connectivity index (χ0) is 15.5. The summed E-state index contributed by atoms with van der Waals surface area (Å²) >= 11 is 5.96. The van der Waals surface area contributed by atoms with E-state index in [1.165, 1.54) is 16.4 Å². The molecule has 1 aromatic carbocycles. The lowest BCUT2D eigenvalue weighted by Gasteiger charge is -2.26. The van der Waals surface area contributed by atoms with E-state index < -0.39 is 10.0 Å². The summed E-state index contributed by atoms with van der Waals surface area (Å²) in [7, 11) is -3.65. The van der Waals surface area contributed by atoms with Crippen LogP contribution in [0.3, 0.4) is 0 Å². The number of hydrogen-bond acceptors (Lipinski definition) is 4. The molecule has 0 aliphatic heterocycles. The Bertz CT molecular complexity index is 550. The normalized spacial score (nSPS) is 12.3. The number of aliphatic hydroxyl groups excluding tert-OH is 1. The Balaban J connectivity index is 3.26. The van der Waals surface area contributed by atoms with Crippen LogP contribution in [0.1, 0.15) is 25.8 Å². The number of aliphatic hydroxyl groups is 1. The van der Waals surface area contributed by atoms with E-state index in [0.717, 1.165) is 0 Å². The first-order valence-corrected chi connectivity index (χ1v) is 8.22. The fourth-order valence-electron chi connectivity index (χ4n) is 1.93. The molecule has 0 fully saturated rings. The lowest BCUT2D eigenvalue weighted by atomic mass is 10.2. The number of rotatable bonds is 6. The van der Waals surface area contributed by atoms with Gasteiger partial charge in [0.1, 0.15) is 0 Å². The number of benzene rings is 1. The Hall–Kier alpha value is -0.820. The molecule has 0 aromatic heterocycles. The zero-order valence-electron chi connectivity index (χ0n) is 11.9. The van der Waals surface area contributed by atoms with Gasteiger partial charge in [0.15, 0.2) is 0 Å². The Labute approximate surface area is 125 Å². The summed E-state index contributed by atoms with van der Waals surface area (Å²) in [6, 6.07) is 2.69. The molecule has 0 amide bonds. The second-order valence-electron chi connectivity index (χ2n) is 4.93. The highest BCUT2D eigenvalue weighted by Crippen LogP contribution is 2.29. The van der Waals surface area contributed by atoms with E-state index in [1.54, 1.807) is 20.8 Å². The molecule has 0 heterocycles. The SMILES string of the molecule is Cc1cc(S(=O)(=O)N(CCCO)C(C)C)cc(N)c1Cl. The van der Waals surface area contributed by atoms with Crippen molar-refractivity contribution in [2.24, 2.45) is 0 Å². The number of nitrogen functional groups attached to an aromatic ring is 1. The van der Waals surface area contributed by atoms with Crippen LogP contribution in [0.2, 0.25) is 5.02 Å². The fraction of sp³-hybridized carbons (Fsp3) is 0.538. The van der Waals surface area contributed by atoms with E-state index in [4.69, 9.17) is 22.4 Å². The molecule has 0 aliphatic rings. The van der Waals surface area contributed by atoms with Crippen LogP contribution in [-0.4, -0.2) is 37.0 Å². The molecule has 1 rings (SSSR count). The third-order valence-corrected chi connectivity index (χ3v) is 5.54. The summed E-state index contributed by atoms with van der Waals surface area (Å²) in [5, 5.41) is 9.27. The Morgan fingerprint density at radius 3 is 2.45 bits per heavy atom. The topological polar surface area (TPSA) is 83.6 Å². The molecule has 3 N–H and O–H groups in total. The molecular formula is C13H21ClN2O3S. The van der Waals surface area contributed by atoms with Crippen molar-refractivity contribution in [2.45, 2.75) is 38.1 Å². The summed E-state index contributed by atoms with van der Waals surface area (Å²) in [5.74, 6) is 0. The van der Waals surface area contributed by atoms with Gasteiger partial charge in [0.25, 0.3) is 0 Å². The van der Waals surface area contributed by atoms with Crippen LogP contribution in [-0.2, 0) is 10.0 Å². The van der Waals surface area contributed by atoms with Gasteiger partial charge < -0.3 is 10.8 Å². The maximum atomic E-state index is 12.6. The van der Waals surface area contributed by atoms with Crippen molar-refractivity contribution >= 4 is 27.3 Å². The Morgan fingerprint density at radius 1 is 1.40 bits per heavy atom. The summed E-state index contributed by atoms with van der Waals surface area (Å²) in [6.07, 6.45) is 0.388. The Kier molecular flexibility index (Phi) is 5.82. The van der Waals surface area contributed by atoms with Crippen molar-refractivity contribution in [3.8, 4) is 0 Å². The number of hydrogen-bond donors (Lipinski definition) is 2. The maximum Gasteiger partial charge on any atom is 0.243 e. The monoisotopic (exact) mass is 320 g/mol. The lowest BCUT2D eigenvalue weighted by Crippen LogP contribution is -2.38. The van der Waals surface area contributed by atoms with Gasteiger partial charge in [0, 0.05) is 19.2 Å². The molecule has 114 valence electrons. The quantitative estimate of drug-likeness (QED) is 0.785. The fourth-order valence-corrected chi connectivity index (χ4v) is 3.84. The molecule has 20 heavy (non-hydrogen) atoms. The molecule has 0 atom stereocenters. The second-order valence-corrected chi connectivity index (χ2v) is 7.20. The van der Waals surface area contributed by atoms with Crippen LogP contribution in [0.4, 0.5) is 5.69 Å². The average molecular weight is 321 g/mol. The van der Waals surface area contributed by atoms with Gasteiger partial charge in [-0.1, -0.05) is 11.6 Å². The standard InChI is InChI=1S/C13H21ClN2O3S/c1-9(2)16(5-4-6-17)20(18,19)11-7-10(3)13(14)12(15)8-11/h7-9,17H,4-6,15H2,1-3H3. The number of anilines is 1. The van der Waals surface area contributed by atoms with Gasteiger partial charge >= 0.3 is 0 Å². The molecule has 5 nitrogen and oxygen atoms in total. The van der Waals surface area contributed by atoms with Gasteiger partial charge in [-0.3, -0.25) is 0 Å². The highest BCUT2D eigenvalue weighted by Gasteiger charge is 2.27. The maximum absolute atomic E-state index is 12.6. The van der Waals surface area contributed by atoms with Gasteiger partial charge in [-0.2, -0.15) is 4.31 Å². The van der Waals surface area contributed by atoms with Crippen molar-refractivity contribution in [1.82, 2.24) is 4.31 Å². The van der Waals surface area contributed by atoms with Gasteiger partial charge in [0.05, 0.1) is 15.6 Å². The number of nitrogens with two attached hydrogens (primary N) is 1. The van der Waals surface area contributed by atoms with Crippen molar-refractivity contribution in [2.75, 3.05) is 18.9 Å². The van der Waals surface area contributed by atoms with Crippen LogP contribution in [0.25, 0.3) is 0 Å². The smallest absolute Gasteiger partial charge is 0.243 e. The van der Waals surface area contributed by atoms with E-state index in [2.05, 4.69) is 0 Å². The summed E-state index contributed by atoms with van der Waals surface area (Å²) in [4.78, 5) is 0.128. The predicted octanol–water partition coefficient (Wildman–Crippen LogP) is 2.01. The highest BCUT2D eigenvalue weighted by atomic mass is 35.5. The van der Waals surface area contributed by atoms with Crippen molar-refractivity contribution in [1.29, 1.82) is 0 Å². The molecule has 0 radical (unpaired) electrons. The first-order chi connectivity index (χ1) is 9.21. The molecule has 0 unspecified atom stereocenters. The third-order valence-electron chi connectivity index (χ3n) is 2.98. The van der Waals surface area contributed by atoms with E-state index >= 15 is 0 Å². The van der Waals surface area contributed by atoms with Crippen LogP contribution in [0.15, 0.2) is 17.0 Å². The van der Waals surface area contributed by atoms with Gasteiger partial charge in [-0.25, -0.2) is 8.42 Å². The van der Waals surface area contributed by atoms with Crippen LogP contribution in [0, 0.1) is 6.92 Å². The van der Waals surface area contributed by atoms with Crippen molar-refractivity contribution in [3.05, 3.63) is 22.7 Å². The van der Waals surface area contributed by atoms with Crippen molar-refractivity contribution < 1.29 is 13.5 Å². The third kappa shape index (κ3) is 3.63. The second kappa shape index (κ2) is 6.76. The van der Waals surface area contributed by atoms with Gasteiger partial charge in [-0.05, 0) is 44.9 Å². The van der Waals surface area contributed by atoms with E-state index in [0.29, 0.717) is 17.0 Å². The number of aryl methyl sites for hydroxylation is 1. The van der Waals surface area contributed by atoms with Gasteiger partial charge in [-0.15, -0.1) is 0 Å². The van der Waals surface area contributed by atoms with Crippen LogP contribution >= 0.6 is 11.6 Å². The van der Waals surface area contributed by atoms with Crippen LogP contribution in [0.5, 0.6) is 0 Å². The van der Waals surface area contributed by atoms with Crippen molar-refractivity contribution in [3.63, 3.8) is 0 Å². The van der Waals surface area contributed by atoms with Crippen LogP contribution < -0.4 is 5.73 Å². The minimum absolute atomic E-state index is 0.0550. The molecule has 0 saturated carbocycles.